The average molecular weight is 370 g/mol. The molecule has 0 heterocycles. The van der Waals surface area contributed by atoms with Gasteiger partial charge in [0.1, 0.15) is 5.75 Å². The van der Waals surface area contributed by atoms with Crippen molar-refractivity contribution in [2.75, 3.05) is 17.7 Å². The number of hydrogen-bond acceptors (Lipinski definition) is 3. The Morgan fingerprint density at radius 1 is 1.33 bits per heavy atom. The minimum atomic E-state index is -0.290. The molecule has 0 atom stereocenters. The molecule has 0 spiro atoms. The summed E-state index contributed by atoms with van der Waals surface area (Å²) in [6, 6.07) is 10.4. The molecule has 2 aromatic rings. The molecular formula is C15H14BrClN2O2. The number of nitrogens with two attached hydrogens (primary N) is 1. The van der Waals surface area contributed by atoms with E-state index in [9.17, 15) is 4.79 Å². The molecule has 1 amide bonds. The fraction of sp³-hybridized carbons (Fsp3) is 0.133. The first-order chi connectivity index (χ1) is 9.95. The lowest BCUT2D eigenvalue weighted by molar-refractivity contribution is -0.118. The lowest BCUT2D eigenvalue weighted by atomic mass is 10.2. The molecule has 3 N–H and O–H groups in total. The third kappa shape index (κ3) is 4.37. The summed E-state index contributed by atoms with van der Waals surface area (Å²) in [4.78, 5) is 11.8. The van der Waals surface area contributed by atoms with E-state index in [-0.39, 0.29) is 12.5 Å². The molecule has 110 valence electrons. The molecule has 0 saturated heterocycles. The molecule has 0 aromatic heterocycles. The smallest absolute Gasteiger partial charge is 0.262 e. The maximum Gasteiger partial charge on any atom is 0.262 e. The van der Waals surface area contributed by atoms with Crippen LogP contribution < -0.4 is 15.8 Å². The maximum atomic E-state index is 11.8. The van der Waals surface area contributed by atoms with Crippen LogP contribution in [0, 0.1) is 6.92 Å². The van der Waals surface area contributed by atoms with Gasteiger partial charge in [-0.25, -0.2) is 0 Å². The molecule has 0 aliphatic heterocycles. The summed E-state index contributed by atoms with van der Waals surface area (Å²) in [5.74, 6) is 0.344. The Morgan fingerprint density at radius 3 is 2.76 bits per heavy atom. The Morgan fingerprint density at radius 2 is 2.10 bits per heavy atom. The number of rotatable bonds is 4. The predicted octanol–water partition coefficient (Wildman–Crippen LogP) is 4.01. The van der Waals surface area contributed by atoms with E-state index >= 15 is 0 Å². The second-order valence-electron chi connectivity index (χ2n) is 4.49. The van der Waals surface area contributed by atoms with E-state index in [1.807, 2.05) is 19.1 Å². The number of halogens is 2. The van der Waals surface area contributed by atoms with E-state index in [1.54, 1.807) is 24.3 Å². The van der Waals surface area contributed by atoms with E-state index in [2.05, 4.69) is 21.2 Å². The first-order valence-electron chi connectivity index (χ1n) is 6.19. The van der Waals surface area contributed by atoms with Crippen molar-refractivity contribution in [1.29, 1.82) is 0 Å². The van der Waals surface area contributed by atoms with E-state index in [4.69, 9.17) is 22.1 Å². The summed E-state index contributed by atoms with van der Waals surface area (Å²) in [5, 5.41) is 3.06. The number of aryl methyl sites for hydroxylation is 1. The Labute approximate surface area is 136 Å². The van der Waals surface area contributed by atoms with Gasteiger partial charge >= 0.3 is 0 Å². The molecule has 21 heavy (non-hydrogen) atoms. The number of nitrogen functional groups attached to an aromatic ring is 1. The quantitative estimate of drug-likeness (QED) is 0.800. The fourth-order valence-electron chi connectivity index (χ4n) is 1.67. The van der Waals surface area contributed by atoms with Gasteiger partial charge in [-0.05, 0) is 48.9 Å². The largest absolute Gasteiger partial charge is 0.484 e. The van der Waals surface area contributed by atoms with E-state index in [0.717, 1.165) is 10.0 Å². The van der Waals surface area contributed by atoms with Crippen LogP contribution in [-0.2, 0) is 4.79 Å². The number of ether oxygens (including phenoxy) is 1. The molecule has 0 radical (unpaired) electrons. The molecule has 0 bridgehead atoms. The standard InChI is InChI=1S/C15H14BrClN2O2/c1-9-6-11(3-4-12(9)16)21-8-15(20)19-14-5-2-10(18)7-13(14)17/h2-7H,8,18H2,1H3,(H,19,20). The molecule has 0 aliphatic rings. The van der Waals surface area contributed by atoms with Gasteiger partial charge in [0.15, 0.2) is 6.61 Å². The zero-order chi connectivity index (χ0) is 15.4. The van der Waals surface area contributed by atoms with Crippen molar-refractivity contribution in [3.05, 3.63) is 51.5 Å². The summed E-state index contributed by atoms with van der Waals surface area (Å²) >= 11 is 9.40. The van der Waals surface area contributed by atoms with Gasteiger partial charge in [0.05, 0.1) is 10.7 Å². The van der Waals surface area contributed by atoms with E-state index in [0.29, 0.717) is 22.1 Å². The number of hydrogen-bond donors (Lipinski definition) is 2. The van der Waals surface area contributed by atoms with Crippen molar-refractivity contribution in [2.45, 2.75) is 6.92 Å². The zero-order valence-corrected chi connectivity index (χ0v) is 13.7. The van der Waals surface area contributed by atoms with Gasteiger partial charge in [0.25, 0.3) is 5.91 Å². The van der Waals surface area contributed by atoms with Crippen LogP contribution >= 0.6 is 27.5 Å². The van der Waals surface area contributed by atoms with Crippen molar-refractivity contribution in [3.8, 4) is 5.75 Å². The number of carbonyl (C=O) groups is 1. The lowest BCUT2D eigenvalue weighted by Crippen LogP contribution is -2.20. The summed E-state index contributed by atoms with van der Waals surface area (Å²) in [7, 11) is 0. The van der Waals surface area contributed by atoms with Crippen LogP contribution in [0.2, 0.25) is 5.02 Å². The number of carbonyl (C=O) groups excluding carboxylic acids is 1. The van der Waals surface area contributed by atoms with Crippen molar-refractivity contribution in [3.63, 3.8) is 0 Å². The highest BCUT2D eigenvalue weighted by atomic mass is 79.9. The van der Waals surface area contributed by atoms with Crippen LogP contribution in [0.1, 0.15) is 5.56 Å². The van der Waals surface area contributed by atoms with E-state index in [1.165, 1.54) is 0 Å². The highest BCUT2D eigenvalue weighted by Crippen LogP contribution is 2.24. The van der Waals surface area contributed by atoms with E-state index < -0.39 is 0 Å². The second-order valence-corrected chi connectivity index (χ2v) is 5.75. The summed E-state index contributed by atoms with van der Waals surface area (Å²) in [6.45, 7) is 1.85. The average Bonchev–Trinajstić information content (AvgIpc) is 2.43. The first kappa shape index (κ1) is 15.7. The number of anilines is 2. The van der Waals surface area contributed by atoms with Crippen LogP contribution in [0.15, 0.2) is 40.9 Å². The van der Waals surface area contributed by atoms with Gasteiger partial charge in [-0.1, -0.05) is 27.5 Å². The van der Waals surface area contributed by atoms with Crippen LogP contribution in [-0.4, -0.2) is 12.5 Å². The van der Waals surface area contributed by atoms with Gasteiger partial charge in [0.2, 0.25) is 0 Å². The van der Waals surface area contributed by atoms with Gasteiger partial charge < -0.3 is 15.8 Å². The first-order valence-corrected chi connectivity index (χ1v) is 7.36. The summed E-state index contributed by atoms with van der Waals surface area (Å²) < 4.78 is 6.43. The molecule has 0 saturated carbocycles. The molecule has 4 nitrogen and oxygen atoms in total. The Bertz CT molecular complexity index is 677. The SMILES string of the molecule is Cc1cc(OCC(=O)Nc2ccc(N)cc2Cl)ccc1Br. The van der Waals surface area contributed by atoms with Crippen molar-refractivity contribution in [2.24, 2.45) is 0 Å². The summed E-state index contributed by atoms with van der Waals surface area (Å²) in [5.41, 5.74) is 7.68. The minimum absolute atomic E-state index is 0.0955. The number of benzene rings is 2. The lowest BCUT2D eigenvalue weighted by Gasteiger charge is -2.10. The summed E-state index contributed by atoms with van der Waals surface area (Å²) in [6.07, 6.45) is 0. The predicted molar refractivity (Wildman–Crippen MR) is 88.9 cm³/mol. The highest BCUT2D eigenvalue weighted by molar-refractivity contribution is 9.10. The molecular weight excluding hydrogens is 356 g/mol. The third-order valence-corrected chi connectivity index (χ3v) is 3.97. The van der Waals surface area contributed by atoms with Gasteiger partial charge in [0, 0.05) is 10.2 Å². The molecule has 0 fully saturated rings. The fourth-order valence-corrected chi connectivity index (χ4v) is 2.16. The number of amides is 1. The van der Waals surface area contributed by atoms with Crippen LogP contribution in [0.5, 0.6) is 5.75 Å². The van der Waals surface area contributed by atoms with Crippen LogP contribution in [0.25, 0.3) is 0 Å². The Balaban J connectivity index is 1.94. The molecule has 2 aromatic carbocycles. The molecule has 0 unspecified atom stereocenters. The molecule has 0 aliphatic carbocycles. The maximum absolute atomic E-state index is 11.8. The van der Waals surface area contributed by atoms with Crippen molar-refractivity contribution < 1.29 is 9.53 Å². The molecule has 2 rings (SSSR count). The minimum Gasteiger partial charge on any atom is -0.484 e. The van der Waals surface area contributed by atoms with Crippen molar-refractivity contribution >= 4 is 44.8 Å². The third-order valence-electron chi connectivity index (χ3n) is 2.77. The van der Waals surface area contributed by atoms with Gasteiger partial charge in [-0.3, -0.25) is 4.79 Å². The van der Waals surface area contributed by atoms with Crippen LogP contribution in [0.3, 0.4) is 0 Å². The molecule has 6 heteroatoms. The van der Waals surface area contributed by atoms with Crippen molar-refractivity contribution in [1.82, 2.24) is 0 Å². The topological polar surface area (TPSA) is 64.3 Å². The Kier molecular flexibility index (Phi) is 5.09. The zero-order valence-electron chi connectivity index (χ0n) is 11.3. The van der Waals surface area contributed by atoms with Gasteiger partial charge in [-0.2, -0.15) is 0 Å². The normalized spacial score (nSPS) is 10.2. The monoisotopic (exact) mass is 368 g/mol. The Hall–Kier alpha value is -1.72. The second kappa shape index (κ2) is 6.83. The number of nitrogens with one attached hydrogen (secondary N) is 1. The van der Waals surface area contributed by atoms with Gasteiger partial charge in [-0.15, -0.1) is 0 Å². The van der Waals surface area contributed by atoms with Crippen LogP contribution in [0.4, 0.5) is 11.4 Å². The highest BCUT2D eigenvalue weighted by Gasteiger charge is 2.07.